The Morgan fingerprint density at radius 2 is 1.63 bits per heavy atom. The normalized spacial score (nSPS) is 10.3. The third-order valence-electron chi connectivity index (χ3n) is 2.46. The molecule has 2 rings (SSSR count). The van der Waals surface area contributed by atoms with Gasteiger partial charge in [0.1, 0.15) is 0 Å². The highest BCUT2D eigenvalue weighted by atomic mass is 35.5. The van der Waals surface area contributed by atoms with Crippen LogP contribution in [-0.2, 0) is 6.42 Å². The molecule has 0 atom stereocenters. The lowest BCUT2D eigenvalue weighted by Gasteiger charge is -2.11. The zero-order valence-corrected chi connectivity index (χ0v) is 12.4. The van der Waals surface area contributed by atoms with Crippen molar-refractivity contribution in [3.8, 4) is 17.2 Å². The van der Waals surface area contributed by atoms with Gasteiger partial charge in [-0.3, -0.25) is 4.98 Å². The maximum absolute atomic E-state index is 8.83. The van der Waals surface area contributed by atoms with Crippen LogP contribution in [-0.4, -0.2) is 4.98 Å². The Hall–Kier alpha value is -0.980. The average Bonchev–Trinajstić information content (AvgIpc) is 2.31. The van der Waals surface area contributed by atoms with Crippen LogP contribution in [0.1, 0.15) is 5.69 Å². The van der Waals surface area contributed by atoms with Gasteiger partial charge in [0, 0.05) is 22.3 Å². The minimum atomic E-state index is 0.141. The number of benzene rings is 1. The fourth-order valence-electron chi connectivity index (χ4n) is 1.70. The molecule has 0 aliphatic rings. The maximum atomic E-state index is 8.83. The lowest BCUT2D eigenvalue weighted by atomic mass is 10.0. The predicted octanol–water partition coefficient (Wildman–Crippen LogP) is 5.43. The topological polar surface area (TPSA) is 36.7 Å². The van der Waals surface area contributed by atoms with Crippen molar-refractivity contribution in [3.05, 3.63) is 50.2 Å². The zero-order valence-electron chi connectivity index (χ0n) is 9.42. The van der Waals surface area contributed by atoms with Gasteiger partial charge in [-0.15, -0.1) is 0 Å². The second-order valence-corrected chi connectivity index (χ2v) is 5.41. The van der Waals surface area contributed by atoms with Gasteiger partial charge in [-0.05, 0) is 18.2 Å². The van der Waals surface area contributed by atoms with E-state index >= 15 is 0 Å². The van der Waals surface area contributed by atoms with E-state index in [0.717, 1.165) is 0 Å². The van der Waals surface area contributed by atoms with Gasteiger partial charge in [0.2, 0.25) is 0 Å². The summed E-state index contributed by atoms with van der Waals surface area (Å²) < 4.78 is 0. The first kappa shape index (κ1) is 14.4. The molecule has 0 radical (unpaired) electrons. The van der Waals surface area contributed by atoms with Gasteiger partial charge < -0.3 is 0 Å². The molecule has 0 aliphatic heterocycles. The van der Waals surface area contributed by atoms with E-state index < -0.39 is 0 Å². The van der Waals surface area contributed by atoms with Gasteiger partial charge in [0.25, 0.3) is 0 Å². The highest BCUT2D eigenvalue weighted by Gasteiger charge is 2.15. The molecule has 0 saturated heterocycles. The monoisotopic (exact) mass is 330 g/mol. The predicted molar refractivity (Wildman–Crippen MR) is 79.0 cm³/mol. The molecule has 6 heteroatoms. The molecule has 0 fully saturated rings. The lowest BCUT2D eigenvalue weighted by molar-refractivity contribution is 1.12. The van der Waals surface area contributed by atoms with Crippen LogP contribution in [0.5, 0.6) is 0 Å². The molecule has 0 N–H and O–H groups in total. The van der Waals surface area contributed by atoms with E-state index in [2.05, 4.69) is 4.98 Å². The van der Waals surface area contributed by atoms with Gasteiger partial charge >= 0.3 is 0 Å². The molecule has 0 amide bonds. The zero-order chi connectivity index (χ0) is 14.0. The van der Waals surface area contributed by atoms with Crippen LogP contribution in [0.2, 0.25) is 20.1 Å². The Morgan fingerprint density at radius 3 is 2.21 bits per heavy atom. The third kappa shape index (κ3) is 3.13. The second-order valence-electron chi connectivity index (χ2n) is 3.73. The molecule has 1 aromatic carbocycles. The number of aromatic nitrogens is 1. The van der Waals surface area contributed by atoms with E-state index in [9.17, 15) is 0 Å². The van der Waals surface area contributed by atoms with E-state index in [1.807, 2.05) is 6.07 Å². The fourth-order valence-corrected chi connectivity index (χ4v) is 2.88. The average molecular weight is 332 g/mol. The van der Waals surface area contributed by atoms with Crippen molar-refractivity contribution in [1.82, 2.24) is 4.98 Å². The number of hydrogen-bond donors (Lipinski definition) is 0. The number of rotatable bonds is 2. The highest BCUT2D eigenvalue weighted by molar-refractivity contribution is 6.42. The van der Waals surface area contributed by atoms with Crippen molar-refractivity contribution >= 4 is 46.4 Å². The summed E-state index contributed by atoms with van der Waals surface area (Å²) in [6, 6.07) is 6.90. The molecule has 2 aromatic rings. The summed E-state index contributed by atoms with van der Waals surface area (Å²) >= 11 is 24.2. The van der Waals surface area contributed by atoms with Gasteiger partial charge in [0.05, 0.1) is 33.3 Å². The number of hydrogen-bond acceptors (Lipinski definition) is 2. The largest absolute Gasteiger partial charge is 0.258 e. The molecule has 0 bridgehead atoms. The van der Waals surface area contributed by atoms with E-state index in [-0.39, 0.29) is 6.42 Å². The molecular formula is C13H6Cl4N2. The Balaban J connectivity index is 2.71. The minimum Gasteiger partial charge on any atom is -0.258 e. The molecule has 0 aliphatic carbocycles. The molecule has 96 valence electrons. The van der Waals surface area contributed by atoms with E-state index in [0.29, 0.717) is 36.9 Å². The minimum absolute atomic E-state index is 0.141. The SMILES string of the molecule is N#CCc1ncc(Cl)cc1-c1c(Cl)cc(Cl)cc1Cl. The summed E-state index contributed by atoms with van der Waals surface area (Å²) in [5.74, 6) is 0. The summed E-state index contributed by atoms with van der Waals surface area (Å²) in [4.78, 5) is 4.14. The molecule has 0 unspecified atom stereocenters. The van der Waals surface area contributed by atoms with E-state index in [4.69, 9.17) is 51.7 Å². The van der Waals surface area contributed by atoms with Crippen molar-refractivity contribution in [3.63, 3.8) is 0 Å². The van der Waals surface area contributed by atoms with Gasteiger partial charge in [-0.2, -0.15) is 5.26 Å². The van der Waals surface area contributed by atoms with Crippen molar-refractivity contribution in [1.29, 1.82) is 5.26 Å². The summed E-state index contributed by atoms with van der Waals surface area (Å²) in [5, 5.41) is 10.5. The van der Waals surface area contributed by atoms with Crippen molar-refractivity contribution < 1.29 is 0 Å². The van der Waals surface area contributed by atoms with Crippen molar-refractivity contribution in [2.45, 2.75) is 6.42 Å². The second kappa shape index (κ2) is 5.98. The molecule has 19 heavy (non-hydrogen) atoms. The fraction of sp³-hybridized carbons (Fsp3) is 0.0769. The quantitative estimate of drug-likeness (QED) is 0.735. The first-order chi connectivity index (χ1) is 9.02. The molecule has 0 saturated carbocycles. The summed E-state index contributed by atoms with van der Waals surface area (Å²) in [6.07, 6.45) is 1.62. The van der Waals surface area contributed by atoms with E-state index in [1.165, 1.54) is 6.20 Å². The maximum Gasteiger partial charge on any atom is 0.0781 e. The van der Waals surface area contributed by atoms with Crippen molar-refractivity contribution in [2.24, 2.45) is 0 Å². The van der Waals surface area contributed by atoms with Crippen LogP contribution in [0, 0.1) is 11.3 Å². The van der Waals surface area contributed by atoms with Crippen LogP contribution in [0.25, 0.3) is 11.1 Å². The number of pyridine rings is 1. The Labute approximate surface area is 130 Å². The number of halogens is 4. The summed E-state index contributed by atoms with van der Waals surface area (Å²) in [7, 11) is 0. The molecule has 1 heterocycles. The van der Waals surface area contributed by atoms with Crippen LogP contribution >= 0.6 is 46.4 Å². The summed E-state index contributed by atoms with van der Waals surface area (Å²) in [5.41, 5.74) is 1.78. The Kier molecular flexibility index (Phi) is 4.54. The van der Waals surface area contributed by atoms with Crippen molar-refractivity contribution in [2.75, 3.05) is 0 Å². The first-order valence-corrected chi connectivity index (χ1v) is 6.70. The smallest absolute Gasteiger partial charge is 0.0781 e. The standard InChI is InChI=1S/C13H6Cl4N2/c14-7-4-10(16)13(11(17)5-7)9-3-8(15)6-19-12(9)1-2-18/h3-6H,1H2. The Bertz CT molecular complexity index is 654. The third-order valence-corrected chi connectivity index (χ3v) is 3.48. The van der Waals surface area contributed by atoms with Gasteiger partial charge in [-0.1, -0.05) is 46.4 Å². The first-order valence-electron chi connectivity index (χ1n) is 5.19. The van der Waals surface area contributed by atoms with Crippen LogP contribution in [0.4, 0.5) is 0 Å². The summed E-state index contributed by atoms with van der Waals surface area (Å²) in [6.45, 7) is 0. The molecular weight excluding hydrogens is 326 g/mol. The molecule has 1 aromatic heterocycles. The Morgan fingerprint density at radius 1 is 1.00 bits per heavy atom. The van der Waals surface area contributed by atoms with Gasteiger partial charge in [0.15, 0.2) is 0 Å². The number of nitriles is 1. The van der Waals surface area contributed by atoms with Crippen LogP contribution in [0.15, 0.2) is 24.4 Å². The number of nitrogens with zero attached hydrogens (tertiary/aromatic N) is 2. The van der Waals surface area contributed by atoms with Crippen LogP contribution < -0.4 is 0 Å². The molecule has 0 spiro atoms. The van der Waals surface area contributed by atoms with Gasteiger partial charge in [-0.25, -0.2) is 0 Å². The van der Waals surface area contributed by atoms with E-state index in [1.54, 1.807) is 18.2 Å². The van der Waals surface area contributed by atoms with Crippen LogP contribution in [0.3, 0.4) is 0 Å². The lowest BCUT2D eigenvalue weighted by Crippen LogP contribution is -1.94. The molecule has 2 nitrogen and oxygen atoms in total. The highest BCUT2D eigenvalue weighted by Crippen LogP contribution is 2.39.